The van der Waals surface area contributed by atoms with Crippen LogP contribution in [0.25, 0.3) is 0 Å². The first-order valence-corrected chi connectivity index (χ1v) is 8.02. The van der Waals surface area contributed by atoms with Crippen LogP contribution in [0.15, 0.2) is 72.1 Å². The van der Waals surface area contributed by atoms with Crippen LogP contribution in [-0.4, -0.2) is 11.8 Å². The van der Waals surface area contributed by atoms with Crippen molar-refractivity contribution >= 4 is 23.1 Å². The molecule has 0 unspecified atom stereocenters. The summed E-state index contributed by atoms with van der Waals surface area (Å²) in [6.45, 7) is 0.182. The van der Waals surface area contributed by atoms with Crippen molar-refractivity contribution in [2.24, 2.45) is 0 Å². The Bertz CT molecular complexity index is 808. The van der Waals surface area contributed by atoms with Gasteiger partial charge in [0.15, 0.2) is 0 Å². The highest BCUT2D eigenvalue weighted by molar-refractivity contribution is 7.12. The van der Waals surface area contributed by atoms with E-state index in [0.717, 1.165) is 5.56 Å². The predicted molar refractivity (Wildman–Crippen MR) is 89.8 cm³/mol. The summed E-state index contributed by atoms with van der Waals surface area (Å²) < 4.78 is 5.33. The molecular formula is C19H14O3S. The van der Waals surface area contributed by atoms with Crippen LogP contribution in [0, 0.1) is 0 Å². The number of thiophene rings is 1. The van der Waals surface area contributed by atoms with E-state index in [1.54, 1.807) is 30.3 Å². The van der Waals surface area contributed by atoms with E-state index in [4.69, 9.17) is 4.74 Å². The second-order valence-corrected chi connectivity index (χ2v) is 5.86. The van der Waals surface area contributed by atoms with E-state index in [-0.39, 0.29) is 12.4 Å². The quantitative estimate of drug-likeness (QED) is 0.518. The molecule has 3 aromatic rings. The molecule has 1 heterocycles. The number of ketones is 1. The van der Waals surface area contributed by atoms with Gasteiger partial charge in [-0.25, -0.2) is 4.79 Å². The van der Waals surface area contributed by atoms with Crippen molar-refractivity contribution in [1.82, 2.24) is 0 Å². The monoisotopic (exact) mass is 322 g/mol. The first-order valence-electron chi connectivity index (χ1n) is 7.14. The molecule has 0 spiro atoms. The smallest absolute Gasteiger partial charge is 0.339 e. The van der Waals surface area contributed by atoms with E-state index < -0.39 is 5.97 Å². The van der Waals surface area contributed by atoms with Gasteiger partial charge in [0.1, 0.15) is 6.61 Å². The van der Waals surface area contributed by atoms with Gasteiger partial charge in [-0.15, -0.1) is 11.3 Å². The van der Waals surface area contributed by atoms with Gasteiger partial charge in [-0.3, -0.25) is 4.79 Å². The first kappa shape index (κ1) is 15.2. The van der Waals surface area contributed by atoms with Gasteiger partial charge in [0.25, 0.3) is 0 Å². The topological polar surface area (TPSA) is 43.4 Å². The van der Waals surface area contributed by atoms with Crippen LogP contribution >= 0.6 is 11.3 Å². The van der Waals surface area contributed by atoms with Gasteiger partial charge in [0.05, 0.1) is 10.4 Å². The molecule has 1 aromatic heterocycles. The molecule has 0 bridgehead atoms. The highest BCUT2D eigenvalue weighted by Crippen LogP contribution is 2.19. The minimum absolute atomic E-state index is 0.160. The second-order valence-electron chi connectivity index (χ2n) is 4.91. The lowest BCUT2D eigenvalue weighted by atomic mass is 10.0. The van der Waals surface area contributed by atoms with Crippen LogP contribution in [0.5, 0.6) is 0 Å². The number of carbonyl (C=O) groups is 2. The van der Waals surface area contributed by atoms with Crippen LogP contribution < -0.4 is 0 Å². The molecule has 0 amide bonds. The largest absolute Gasteiger partial charge is 0.457 e. The van der Waals surface area contributed by atoms with E-state index >= 15 is 0 Å². The Morgan fingerprint density at radius 2 is 1.52 bits per heavy atom. The first-order chi connectivity index (χ1) is 11.3. The molecular weight excluding hydrogens is 308 g/mol. The number of benzene rings is 2. The van der Waals surface area contributed by atoms with Crippen molar-refractivity contribution in [3.05, 3.63) is 93.7 Å². The van der Waals surface area contributed by atoms with Crippen molar-refractivity contribution in [1.29, 1.82) is 0 Å². The SMILES string of the molecule is O=C(OCc1ccccc1)c1ccccc1C(=O)c1cccs1. The Balaban J connectivity index is 1.80. The minimum atomic E-state index is -0.491. The lowest BCUT2D eigenvalue weighted by molar-refractivity contribution is 0.0470. The number of ether oxygens (including phenoxy) is 1. The van der Waals surface area contributed by atoms with Gasteiger partial charge in [-0.1, -0.05) is 54.6 Å². The van der Waals surface area contributed by atoms with E-state index in [1.165, 1.54) is 11.3 Å². The summed E-state index contributed by atoms with van der Waals surface area (Å²) in [4.78, 5) is 25.5. The predicted octanol–water partition coefficient (Wildman–Crippen LogP) is 4.34. The zero-order valence-electron chi connectivity index (χ0n) is 12.3. The van der Waals surface area contributed by atoms with Gasteiger partial charge < -0.3 is 4.74 Å². The number of esters is 1. The molecule has 4 heteroatoms. The highest BCUT2D eigenvalue weighted by atomic mass is 32.1. The third-order valence-electron chi connectivity index (χ3n) is 3.35. The number of hydrogen-bond donors (Lipinski definition) is 0. The molecule has 2 aromatic carbocycles. The van der Waals surface area contributed by atoms with Crippen LogP contribution in [0.4, 0.5) is 0 Å². The van der Waals surface area contributed by atoms with E-state index in [0.29, 0.717) is 16.0 Å². The molecule has 0 saturated heterocycles. The Morgan fingerprint density at radius 3 is 2.22 bits per heavy atom. The fraction of sp³-hybridized carbons (Fsp3) is 0.0526. The van der Waals surface area contributed by atoms with Crippen LogP contribution in [0.3, 0.4) is 0 Å². The lowest BCUT2D eigenvalue weighted by Crippen LogP contribution is -2.12. The molecule has 0 atom stereocenters. The van der Waals surface area contributed by atoms with Crippen molar-refractivity contribution in [2.75, 3.05) is 0 Å². The summed E-state index contributed by atoms with van der Waals surface area (Å²) in [6.07, 6.45) is 0. The summed E-state index contributed by atoms with van der Waals surface area (Å²) in [5.41, 5.74) is 1.57. The molecule has 0 fully saturated rings. The van der Waals surface area contributed by atoms with E-state index in [9.17, 15) is 9.59 Å². The standard InChI is InChI=1S/C19H14O3S/c20-18(17-11-6-12-23-17)15-9-4-5-10-16(15)19(21)22-13-14-7-2-1-3-8-14/h1-12H,13H2. The highest BCUT2D eigenvalue weighted by Gasteiger charge is 2.19. The van der Waals surface area contributed by atoms with Crippen LogP contribution in [0.2, 0.25) is 0 Å². The molecule has 0 aliphatic carbocycles. The zero-order valence-corrected chi connectivity index (χ0v) is 13.1. The van der Waals surface area contributed by atoms with Gasteiger partial charge in [-0.05, 0) is 23.1 Å². The van der Waals surface area contributed by atoms with Gasteiger partial charge in [-0.2, -0.15) is 0 Å². The van der Waals surface area contributed by atoms with Crippen molar-refractivity contribution in [2.45, 2.75) is 6.61 Å². The normalized spacial score (nSPS) is 10.3. The van der Waals surface area contributed by atoms with Crippen molar-refractivity contribution in [3.8, 4) is 0 Å². The minimum Gasteiger partial charge on any atom is -0.457 e. The second kappa shape index (κ2) is 7.03. The van der Waals surface area contributed by atoms with E-state index in [2.05, 4.69) is 0 Å². The van der Waals surface area contributed by atoms with Gasteiger partial charge in [0.2, 0.25) is 5.78 Å². The molecule has 23 heavy (non-hydrogen) atoms. The Kier molecular flexibility index (Phi) is 4.64. The molecule has 0 N–H and O–H groups in total. The Hall–Kier alpha value is -2.72. The maximum absolute atomic E-state index is 12.5. The summed E-state index contributed by atoms with van der Waals surface area (Å²) in [7, 11) is 0. The van der Waals surface area contributed by atoms with Crippen LogP contribution in [-0.2, 0) is 11.3 Å². The van der Waals surface area contributed by atoms with Gasteiger partial charge >= 0.3 is 5.97 Å². The van der Waals surface area contributed by atoms with E-state index in [1.807, 2.05) is 41.8 Å². The molecule has 3 nitrogen and oxygen atoms in total. The Morgan fingerprint density at radius 1 is 0.826 bits per heavy atom. The molecule has 0 saturated carbocycles. The summed E-state index contributed by atoms with van der Waals surface area (Å²) >= 11 is 1.35. The summed E-state index contributed by atoms with van der Waals surface area (Å²) in [6, 6.07) is 19.8. The molecule has 0 aliphatic heterocycles. The van der Waals surface area contributed by atoms with Crippen molar-refractivity contribution < 1.29 is 14.3 Å². The van der Waals surface area contributed by atoms with Crippen molar-refractivity contribution in [3.63, 3.8) is 0 Å². The molecule has 0 aliphatic rings. The maximum Gasteiger partial charge on any atom is 0.339 e. The third-order valence-corrected chi connectivity index (χ3v) is 4.22. The number of carbonyl (C=O) groups excluding carboxylic acids is 2. The number of rotatable bonds is 5. The lowest BCUT2D eigenvalue weighted by Gasteiger charge is -2.08. The fourth-order valence-electron chi connectivity index (χ4n) is 2.20. The maximum atomic E-state index is 12.5. The summed E-state index contributed by atoms with van der Waals surface area (Å²) in [5.74, 6) is -0.651. The molecule has 114 valence electrons. The fourth-order valence-corrected chi connectivity index (χ4v) is 2.88. The third kappa shape index (κ3) is 3.55. The average molecular weight is 322 g/mol. The number of hydrogen-bond acceptors (Lipinski definition) is 4. The molecule has 0 radical (unpaired) electrons. The van der Waals surface area contributed by atoms with Gasteiger partial charge in [0, 0.05) is 5.56 Å². The average Bonchev–Trinajstić information content (AvgIpc) is 3.14. The molecule has 3 rings (SSSR count). The van der Waals surface area contributed by atoms with Crippen LogP contribution in [0.1, 0.15) is 31.2 Å². The Labute approximate surface area is 138 Å². The zero-order chi connectivity index (χ0) is 16.1. The summed E-state index contributed by atoms with van der Waals surface area (Å²) in [5, 5.41) is 1.84.